The molecule has 8 heavy (non-hydrogen) atoms. The summed E-state index contributed by atoms with van der Waals surface area (Å²) in [5.41, 5.74) is 0.0365. The van der Waals surface area contributed by atoms with Crippen LogP contribution in [0.1, 0.15) is 13.8 Å². The lowest BCUT2D eigenvalue weighted by molar-refractivity contribution is 0.159. The molecule has 0 bridgehead atoms. The first-order valence-corrected chi connectivity index (χ1v) is 2.88. The van der Waals surface area contributed by atoms with Gasteiger partial charge < -0.3 is 10.4 Å². The quantitative estimate of drug-likeness (QED) is 0.554. The van der Waals surface area contributed by atoms with Crippen molar-refractivity contribution in [3.05, 3.63) is 0 Å². The summed E-state index contributed by atoms with van der Waals surface area (Å²) >= 11 is 0. The van der Waals surface area contributed by atoms with Crippen LogP contribution in [0.25, 0.3) is 0 Å². The minimum Gasteiger partial charge on any atom is -0.396 e. The fourth-order valence-corrected chi connectivity index (χ4v) is 0.534. The summed E-state index contributed by atoms with van der Waals surface area (Å²) in [7, 11) is 1.89. The van der Waals surface area contributed by atoms with Gasteiger partial charge in [-0.1, -0.05) is 13.8 Å². The van der Waals surface area contributed by atoms with E-state index in [2.05, 4.69) is 5.32 Å². The van der Waals surface area contributed by atoms with Gasteiger partial charge in [0.25, 0.3) is 0 Å². The Balaban J connectivity index is 3.37. The lowest BCUT2D eigenvalue weighted by Gasteiger charge is -2.19. The third kappa shape index (κ3) is 2.99. The van der Waals surface area contributed by atoms with Crippen LogP contribution in [0, 0.1) is 5.41 Å². The second kappa shape index (κ2) is 3.05. The Morgan fingerprint density at radius 1 is 1.50 bits per heavy atom. The van der Waals surface area contributed by atoms with Gasteiger partial charge in [0, 0.05) is 18.6 Å². The number of hydrogen-bond donors (Lipinski definition) is 2. The summed E-state index contributed by atoms with van der Waals surface area (Å²) in [4.78, 5) is 0. The standard InChI is InChI=1S/C6H15NO/c1-6(2,5-8)4-7-3/h7-8H,4-5H2,1-3H3. The molecule has 0 rings (SSSR count). The maximum absolute atomic E-state index is 8.69. The van der Waals surface area contributed by atoms with Crippen LogP contribution in [0.5, 0.6) is 0 Å². The van der Waals surface area contributed by atoms with Crippen LogP contribution in [0.2, 0.25) is 0 Å². The molecule has 0 aromatic heterocycles. The molecular formula is C6H15NO. The van der Waals surface area contributed by atoms with Crippen molar-refractivity contribution < 1.29 is 5.11 Å². The molecule has 0 spiro atoms. The van der Waals surface area contributed by atoms with Gasteiger partial charge in [0.2, 0.25) is 0 Å². The van der Waals surface area contributed by atoms with Crippen LogP contribution >= 0.6 is 0 Å². The van der Waals surface area contributed by atoms with E-state index in [4.69, 9.17) is 5.11 Å². The van der Waals surface area contributed by atoms with E-state index in [1.807, 2.05) is 20.9 Å². The van der Waals surface area contributed by atoms with Crippen LogP contribution in [-0.2, 0) is 0 Å². The monoisotopic (exact) mass is 117 g/mol. The zero-order chi connectivity index (χ0) is 6.62. The Bertz CT molecular complexity index is 61.5. The van der Waals surface area contributed by atoms with Gasteiger partial charge in [-0.05, 0) is 7.05 Å². The zero-order valence-electron chi connectivity index (χ0n) is 5.86. The maximum Gasteiger partial charge on any atom is 0.0494 e. The molecule has 0 saturated carbocycles. The fraction of sp³-hybridized carbons (Fsp3) is 1.00. The smallest absolute Gasteiger partial charge is 0.0494 e. The summed E-state index contributed by atoms with van der Waals surface area (Å²) in [5, 5.41) is 11.7. The van der Waals surface area contributed by atoms with E-state index in [9.17, 15) is 0 Å². The highest BCUT2D eigenvalue weighted by molar-refractivity contribution is 4.67. The van der Waals surface area contributed by atoms with E-state index in [1.54, 1.807) is 0 Å². The summed E-state index contributed by atoms with van der Waals surface area (Å²) in [5.74, 6) is 0. The van der Waals surface area contributed by atoms with E-state index < -0.39 is 0 Å². The third-order valence-corrected chi connectivity index (χ3v) is 1.08. The molecule has 0 unspecified atom stereocenters. The Morgan fingerprint density at radius 2 is 2.00 bits per heavy atom. The number of rotatable bonds is 3. The molecule has 0 amide bonds. The number of nitrogens with one attached hydrogen (secondary N) is 1. The molecular weight excluding hydrogens is 102 g/mol. The summed E-state index contributed by atoms with van der Waals surface area (Å²) in [6.45, 7) is 5.14. The van der Waals surface area contributed by atoms with Gasteiger partial charge in [0.1, 0.15) is 0 Å². The molecule has 0 atom stereocenters. The Labute approximate surface area is 50.9 Å². The molecule has 0 heterocycles. The highest BCUT2D eigenvalue weighted by atomic mass is 16.3. The van der Waals surface area contributed by atoms with Crippen molar-refractivity contribution in [1.82, 2.24) is 5.32 Å². The number of aliphatic hydroxyl groups is 1. The van der Waals surface area contributed by atoms with Crippen LogP contribution in [0.4, 0.5) is 0 Å². The molecule has 0 radical (unpaired) electrons. The zero-order valence-corrected chi connectivity index (χ0v) is 5.86. The fourth-order valence-electron chi connectivity index (χ4n) is 0.534. The minimum absolute atomic E-state index is 0.0365. The van der Waals surface area contributed by atoms with E-state index >= 15 is 0 Å². The second-order valence-corrected chi connectivity index (χ2v) is 2.85. The van der Waals surface area contributed by atoms with Crippen molar-refractivity contribution in [2.75, 3.05) is 20.2 Å². The van der Waals surface area contributed by atoms with Crippen LogP contribution < -0.4 is 5.32 Å². The highest BCUT2D eigenvalue weighted by Gasteiger charge is 2.13. The first-order chi connectivity index (χ1) is 3.62. The molecule has 0 aliphatic heterocycles. The minimum atomic E-state index is 0.0365. The molecule has 0 aromatic rings. The van der Waals surface area contributed by atoms with Crippen molar-refractivity contribution in [3.63, 3.8) is 0 Å². The van der Waals surface area contributed by atoms with Crippen molar-refractivity contribution in [2.45, 2.75) is 13.8 Å². The predicted octanol–water partition coefficient (Wildman–Crippen LogP) is 0.224. The summed E-state index contributed by atoms with van der Waals surface area (Å²) in [6, 6.07) is 0. The highest BCUT2D eigenvalue weighted by Crippen LogP contribution is 2.10. The van der Waals surface area contributed by atoms with Gasteiger partial charge in [-0.25, -0.2) is 0 Å². The Morgan fingerprint density at radius 3 is 2.12 bits per heavy atom. The SMILES string of the molecule is CNCC(C)(C)CO. The molecule has 50 valence electrons. The lowest BCUT2D eigenvalue weighted by atomic mass is 9.95. The summed E-state index contributed by atoms with van der Waals surface area (Å²) < 4.78 is 0. The molecule has 2 nitrogen and oxygen atoms in total. The van der Waals surface area contributed by atoms with Gasteiger partial charge in [-0.2, -0.15) is 0 Å². The molecule has 0 saturated heterocycles. The number of hydrogen-bond acceptors (Lipinski definition) is 2. The van der Waals surface area contributed by atoms with E-state index in [1.165, 1.54) is 0 Å². The van der Waals surface area contributed by atoms with Gasteiger partial charge in [0.15, 0.2) is 0 Å². The molecule has 2 N–H and O–H groups in total. The average molecular weight is 117 g/mol. The molecule has 0 aliphatic carbocycles. The lowest BCUT2D eigenvalue weighted by Crippen LogP contribution is -2.29. The van der Waals surface area contributed by atoms with E-state index in [0.717, 1.165) is 6.54 Å². The second-order valence-electron chi connectivity index (χ2n) is 2.85. The molecule has 2 heteroatoms. The van der Waals surface area contributed by atoms with E-state index in [-0.39, 0.29) is 12.0 Å². The van der Waals surface area contributed by atoms with Crippen molar-refractivity contribution in [1.29, 1.82) is 0 Å². The normalized spacial score (nSPS) is 12.0. The molecule has 0 fully saturated rings. The first kappa shape index (κ1) is 7.92. The van der Waals surface area contributed by atoms with Crippen LogP contribution in [-0.4, -0.2) is 25.3 Å². The first-order valence-electron chi connectivity index (χ1n) is 2.88. The average Bonchev–Trinajstić information content (AvgIpc) is 1.67. The molecule has 0 aromatic carbocycles. The van der Waals surface area contributed by atoms with Crippen molar-refractivity contribution in [3.8, 4) is 0 Å². The maximum atomic E-state index is 8.69. The van der Waals surface area contributed by atoms with Gasteiger partial charge in [0.05, 0.1) is 0 Å². The van der Waals surface area contributed by atoms with Gasteiger partial charge in [-0.3, -0.25) is 0 Å². The Kier molecular flexibility index (Phi) is 3.02. The van der Waals surface area contributed by atoms with Gasteiger partial charge in [-0.15, -0.1) is 0 Å². The largest absolute Gasteiger partial charge is 0.396 e. The summed E-state index contributed by atoms with van der Waals surface area (Å²) in [6.07, 6.45) is 0. The van der Waals surface area contributed by atoms with Crippen LogP contribution in [0.3, 0.4) is 0 Å². The predicted molar refractivity (Wildman–Crippen MR) is 34.8 cm³/mol. The van der Waals surface area contributed by atoms with Crippen LogP contribution in [0.15, 0.2) is 0 Å². The Hall–Kier alpha value is -0.0800. The third-order valence-electron chi connectivity index (χ3n) is 1.08. The van der Waals surface area contributed by atoms with Crippen molar-refractivity contribution >= 4 is 0 Å². The van der Waals surface area contributed by atoms with Gasteiger partial charge >= 0.3 is 0 Å². The topological polar surface area (TPSA) is 32.3 Å². The molecule has 0 aliphatic rings. The van der Waals surface area contributed by atoms with Crippen molar-refractivity contribution in [2.24, 2.45) is 5.41 Å². The number of aliphatic hydroxyl groups excluding tert-OH is 1. The van der Waals surface area contributed by atoms with E-state index in [0.29, 0.717) is 0 Å².